The van der Waals surface area contributed by atoms with Crippen LogP contribution in [-0.2, 0) is 0 Å². The van der Waals surface area contributed by atoms with E-state index in [0.29, 0.717) is 22.8 Å². The van der Waals surface area contributed by atoms with E-state index < -0.39 is 11.8 Å². The highest BCUT2D eigenvalue weighted by molar-refractivity contribution is 6.31. The molecule has 29 heavy (non-hydrogen) atoms. The monoisotopic (exact) mass is 411 g/mol. The molecule has 0 unspecified atom stereocenters. The number of nitrogens with zero attached hydrogens (tertiary/aromatic N) is 3. The molecule has 0 atom stereocenters. The number of hydrogen-bond acceptors (Lipinski definition) is 4. The van der Waals surface area contributed by atoms with Crippen molar-refractivity contribution in [1.29, 1.82) is 0 Å². The summed E-state index contributed by atoms with van der Waals surface area (Å²) in [7, 11) is 1.60. The molecule has 0 spiro atoms. The minimum atomic E-state index is -0.554. The van der Waals surface area contributed by atoms with Crippen molar-refractivity contribution < 1.29 is 13.9 Å². The number of benzene rings is 2. The van der Waals surface area contributed by atoms with E-state index in [1.807, 2.05) is 24.3 Å². The Hall–Kier alpha value is -3.65. The molecule has 2 aromatic heterocycles. The molecule has 2 amide bonds. The van der Waals surface area contributed by atoms with Crippen LogP contribution in [0, 0.1) is 5.82 Å². The van der Waals surface area contributed by atoms with Gasteiger partial charge in [0.15, 0.2) is 11.5 Å². The fraction of sp³-hybridized carbons (Fsp3) is 0.0500. The maximum Gasteiger partial charge on any atom is 0.323 e. The fourth-order valence-electron chi connectivity index (χ4n) is 2.69. The van der Waals surface area contributed by atoms with E-state index in [-0.39, 0.29) is 5.02 Å². The summed E-state index contributed by atoms with van der Waals surface area (Å²) in [5, 5.41) is 9.65. The number of fused-ring (bicyclic) bond motifs is 1. The first kappa shape index (κ1) is 18.7. The highest BCUT2D eigenvalue weighted by Gasteiger charge is 2.09. The molecule has 0 fully saturated rings. The molecule has 4 aromatic rings. The number of carbonyl (C=O) groups is 1. The summed E-state index contributed by atoms with van der Waals surface area (Å²) in [6, 6.07) is 14.3. The third kappa shape index (κ3) is 4.12. The molecule has 4 rings (SSSR count). The quantitative estimate of drug-likeness (QED) is 0.503. The summed E-state index contributed by atoms with van der Waals surface area (Å²) in [4.78, 5) is 16.7. The number of ether oxygens (including phenoxy) is 1. The summed E-state index contributed by atoms with van der Waals surface area (Å²) < 4.78 is 19.9. The van der Waals surface area contributed by atoms with E-state index in [1.54, 1.807) is 30.0 Å². The third-order valence-electron chi connectivity index (χ3n) is 4.11. The van der Waals surface area contributed by atoms with Crippen LogP contribution in [0.3, 0.4) is 0 Å². The summed E-state index contributed by atoms with van der Waals surface area (Å²) in [6.45, 7) is 0. The van der Waals surface area contributed by atoms with Crippen LogP contribution in [0.2, 0.25) is 5.02 Å². The molecular formula is C20H15ClFN5O2. The number of carbonyl (C=O) groups excluding carboxylic acids is 1. The van der Waals surface area contributed by atoms with Gasteiger partial charge in [-0.2, -0.15) is 0 Å². The Morgan fingerprint density at radius 3 is 2.52 bits per heavy atom. The lowest BCUT2D eigenvalue weighted by atomic mass is 10.2. The van der Waals surface area contributed by atoms with Crippen molar-refractivity contribution in [1.82, 2.24) is 14.6 Å². The fourth-order valence-corrected chi connectivity index (χ4v) is 2.87. The van der Waals surface area contributed by atoms with Crippen LogP contribution in [0.15, 0.2) is 60.8 Å². The molecule has 0 radical (unpaired) electrons. The van der Waals surface area contributed by atoms with Crippen molar-refractivity contribution in [3.63, 3.8) is 0 Å². The normalized spacial score (nSPS) is 10.7. The number of urea groups is 1. The molecule has 9 heteroatoms. The maximum absolute atomic E-state index is 13.2. The molecule has 0 saturated heterocycles. The summed E-state index contributed by atoms with van der Waals surface area (Å²) in [6.07, 6.45) is 1.65. The van der Waals surface area contributed by atoms with Gasteiger partial charge in [0.1, 0.15) is 11.6 Å². The molecule has 2 aromatic carbocycles. The van der Waals surface area contributed by atoms with Crippen molar-refractivity contribution in [2.24, 2.45) is 0 Å². The van der Waals surface area contributed by atoms with Crippen molar-refractivity contribution in [3.8, 4) is 17.1 Å². The lowest BCUT2D eigenvalue weighted by molar-refractivity contribution is 0.262. The Balaban J connectivity index is 1.50. The largest absolute Gasteiger partial charge is 0.497 e. The third-order valence-corrected chi connectivity index (χ3v) is 4.40. The number of anilines is 2. The zero-order chi connectivity index (χ0) is 20.4. The smallest absolute Gasteiger partial charge is 0.323 e. The second-order valence-corrected chi connectivity index (χ2v) is 6.50. The second kappa shape index (κ2) is 7.76. The summed E-state index contributed by atoms with van der Waals surface area (Å²) in [5.41, 5.74) is 2.36. The van der Waals surface area contributed by atoms with Gasteiger partial charge in [0, 0.05) is 11.3 Å². The first-order valence-corrected chi connectivity index (χ1v) is 8.93. The van der Waals surface area contributed by atoms with Crippen LogP contribution >= 0.6 is 11.6 Å². The molecule has 0 bridgehead atoms. The van der Waals surface area contributed by atoms with E-state index in [0.717, 1.165) is 11.3 Å². The standard InChI is InChI=1S/C20H15ClFN5O2/c1-29-15-6-2-12(3-7-15)19-25-18-9-5-14(11-27(18)26-19)24-20(28)23-13-4-8-17(22)16(21)10-13/h2-11H,1H3,(H2,23,24,28). The van der Waals surface area contributed by atoms with Crippen molar-refractivity contribution in [2.75, 3.05) is 17.7 Å². The van der Waals surface area contributed by atoms with E-state index >= 15 is 0 Å². The highest BCUT2D eigenvalue weighted by atomic mass is 35.5. The first-order valence-electron chi connectivity index (χ1n) is 8.56. The maximum atomic E-state index is 13.2. The molecular weight excluding hydrogens is 397 g/mol. The Kier molecular flexibility index (Phi) is 5.01. The molecule has 0 aliphatic heterocycles. The Bertz CT molecular complexity index is 1190. The van der Waals surface area contributed by atoms with E-state index in [2.05, 4.69) is 20.7 Å². The van der Waals surface area contributed by atoms with Gasteiger partial charge in [0.05, 0.1) is 24.0 Å². The molecule has 2 N–H and O–H groups in total. The molecule has 0 aliphatic rings. The van der Waals surface area contributed by atoms with Crippen LogP contribution in [-0.4, -0.2) is 27.7 Å². The van der Waals surface area contributed by atoms with Crippen LogP contribution in [0.4, 0.5) is 20.6 Å². The Morgan fingerprint density at radius 2 is 1.79 bits per heavy atom. The molecule has 0 saturated carbocycles. The Morgan fingerprint density at radius 1 is 1.07 bits per heavy atom. The van der Waals surface area contributed by atoms with Gasteiger partial charge >= 0.3 is 6.03 Å². The Labute approximate surface area is 170 Å². The first-order chi connectivity index (χ1) is 14.0. The van der Waals surface area contributed by atoms with Gasteiger partial charge in [0.2, 0.25) is 0 Å². The highest BCUT2D eigenvalue weighted by Crippen LogP contribution is 2.22. The van der Waals surface area contributed by atoms with Gasteiger partial charge < -0.3 is 15.4 Å². The number of pyridine rings is 1. The lowest BCUT2D eigenvalue weighted by Gasteiger charge is -2.08. The van der Waals surface area contributed by atoms with Gasteiger partial charge in [-0.1, -0.05) is 11.6 Å². The average Bonchev–Trinajstić information content (AvgIpc) is 3.14. The zero-order valence-corrected chi connectivity index (χ0v) is 15.9. The number of hydrogen-bond donors (Lipinski definition) is 2. The molecule has 2 heterocycles. The number of nitrogens with one attached hydrogen (secondary N) is 2. The predicted octanol–water partition coefficient (Wildman–Crippen LogP) is 4.84. The van der Waals surface area contributed by atoms with Crippen molar-refractivity contribution in [2.45, 2.75) is 0 Å². The summed E-state index contributed by atoms with van der Waals surface area (Å²) >= 11 is 5.72. The van der Waals surface area contributed by atoms with Gasteiger partial charge in [-0.15, -0.1) is 5.10 Å². The number of halogens is 2. The second-order valence-electron chi connectivity index (χ2n) is 6.09. The predicted molar refractivity (Wildman–Crippen MR) is 109 cm³/mol. The van der Waals surface area contributed by atoms with Crippen LogP contribution < -0.4 is 15.4 Å². The van der Waals surface area contributed by atoms with Gasteiger partial charge in [0.25, 0.3) is 0 Å². The molecule has 0 aliphatic carbocycles. The van der Waals surface area contributed by atoms with E-state index in [9.17, 15) is 9.18 Å². The minimum absolute atomic E-state index is 0.0714. The van der Waals surface area contributed by atoms with Gasteiger partial charge in [-0.25, -0.2) is 18.7 Å². The van der Waals surface area contributed by atoms with Gasteiger partial charge in [-0.3, -0.25) is 0 Å². The number of methoxy groups -OCH3 is 1. The minimum Gasteiger partial charge on any atom is -0.497 e. The van der Waals surface area contributed by atoms with Crippen LogP contribution in [0.1, 0.15) is 0 Å². The van der Waals surface area contributed by atoms with E-state index in [4.69, 9.17) is 16.3 Å². The number of amides is 2. The average molecular weight is 412 g/mol. The zero-order valence-electron chi connectivity index (χ0n) is 15.2. The lowest BCUT2D eigenvalue weighted by Crippen LogP contribution is -2.19. The topological polar surface area (TPSA) is 80.5 Å². The van der Waals surface area contributed by atoms with E-state index in [1.165, 1.54) is 18.2 Å². The SMILES string of the molecule is COc1ccc(-c2nc3ccc(NC(=O)Nc4ccc(F)c(Cl)c4)cn3n2)cc1. The number of rotatable bonds is 4. The molecule has 7 nitrogen and oxygen atoms in total. The van der Waals surface area contributed by atoms with Crippen molar-refractivity contribution in [3.05, 3.63) is 71.6 Å². The summed E-state index contributed by atoms with van der Waals surface area (Å²) in [5.74, 6) is 0.745. The van der Waals surface area contributed by atoms with Crippen molar-refractivity contribution >= 4 is 34.7 Å². The van der Waals surface area contributed by atoms with Crippen LogP contribution in [0.25, 0.3) is 17.0 Å². The van der Waals surface area contributed by atoms with Crippen LogP contribution in [0.5, 0.6) is 5.75 Å². The number of aromatic nitrogens is 3. The van der Waals surface area contributed by atoms with Gasteiger partial charge in [-0.05, 0) is 54.6 Å². The molecule has 146 valence electrons.